The Kier molecular flexibility index (Phi) is 4.23. The number of methoxy groups -OCH3 is 1. The lowest BCUT2D eigenvalue weighted by molar-refractivity contribution is 0.414. The van der Waals surface area contributed by atoms with Gasteiger partial charge in [-0.3, -0.25) is 9.67 Å². The topological polar surface area (TPSA) is 39.9 Å². The summed E-state index contributed by atoms with van der Waals surface area (Å²) in [5.41, 5.74) is 5.31. The predicted molar refractivity (Wildman–Crippen MR) is 98.9 cm³/mol. The van der Waals surface area contributed by atoms with Gasteiger partial charge < -0.3 is 4.74 Å². The summed E-state index contributed by atoms with van der Waals surface area (Å²) in [6, 6.07) is 10.0. The van der Waals surface area contributed by atoms with Crippen LogP contribution in [-0.4, -0.2) is 21.9 Å². The van der Waals surface area contributed by atoms with E-state index in [1.165, 1.54) is 23.4 Å². The molecule has 0 radical (unpaired) electrons. The van der Waals surface area contributed by atoms with E-state index < -0.39 is 0 Å². The van der Waals surface area contributed by atoms with E-state index in [4.69, 9.17) is 9.84 Å². The second-order valence-corrected chi connectivity index (χ2v) is 7.14. The number of ether oxygens (including phenoxy) is 1. The second kappa shape index (κ2) is 6.56. The highest BCUT2D eigenvalue weighted by Crippen LogP contribution is 2.36. The quantitative estimate of drug-likeness (QED) is 0.692. The minimum Gasteiger partial charge on any atom is -0.497 e. The zero-order valence-electron chi connectivity index (χ0n) is 15.2. The van der Waals surface area contributed by atoms with Crippen molar-refractivity contribution in [2.45, 2.75) is 38.6 Å². The second-order valence-electron chi connectivity index (χ2n) is 7.14. The Morgan fingerprint density at radius 3 is 2.65 bits per heavy atom. The molecule has 5 heteroatoms. The van der Waals surface area contributed by atoms with Crippen molar-refractivity contribution >= 4 is 0 Å². The molecule has 2 aromatic heterocycles. The van der Waals surface area contributed by atoms with E-state index in [1.807, 2.05) is 6.07 Å². The maximum absolute atomic E-state index is 13.7. The Labute approximate surface area is 152 Å². The van der Waals surface area contributed by atoms with E-state index in [0.29, 0.717) is 5.92 Å². The van der Waals surface area contributed by atoms with Crippen molar-refractivity contribution in [2.75, 3.05) is 7.11 Å². The summed E-state index contributed by atoms with van der Waals surface area (Å²) in [7, 11) is 1.69. The monoisotopic (exact) mass is 351 g/mol. The van der Waals surface area contributed by atoms with Gasteiger partial charge in [0.1, 0.15) is 11.6 Å². The zero-order chi connectivity index (χ0) is 18.3. The number of pyridine rings is 1. The lowest BCUT2D eigenvalue weighted by Crippen LogP contribution is -2.12. The molecule has 4 nitrogen and oxygen atoms in total. The maximum atomic E-state index is 13.7. The van der Waals surface area contributed by atoms with Crippen LogP contribution in [0.2, 0.25) is 0 Å². The predicted octanol–water partition coefficient (Wildman–Crippen LogP) is 4.56. The number of aromatic nitrogens is 3. The van der Waals surface area contributed by atoms with E-state index in [9.17, 15) is 4.39 Å². The molecule has 0 unspecified atom stereocenters. The molecule has 3 aromatic rings. The third kappa shape index (κ3) is 2.98. The van der Waals surface area contributed by atoms with Crippen LogP contribution in [0.4, 0.5) is 4.39 Å². The number of hydrogen-bond donors (Lipinski definition) is 0. The maximum Gasteiger partial charge on any atom is 0.142 e. The van der Waals surface area contributed by atoms with Crippen molar-refractivity contribution in [2.24, 2.45) is 0 Å². The Hall–Kier alpha value is -2.69. The van der Waals surface area contributed by atoms with Crippen LogP contribution < -0.4 is 4.74 Å². The Morgan fingerprint density at radius 2 is 1.92 bits per heavy atom. The van der Waals surface area contributed by atoms with Gasteiger partial charge in [-0.2, -0.15) is 5.10 Å². The lowest BCUT2D eigenvalue weighted by atomic mass is 10.1. The summed E-state index contributed by atoms with van der Waals surface area (Å²) in [6.07, 6.45) is 4.73. The molecule has 0 bridgehead atoms. The van der Waals surface area contributed by atoms with E-state index in [0.717, 1.165) is 35.5 Å². The van der Waals surface area contributed by atoms with Crippen LogP contribution in [0.1, 0.15) is 42.6 Å². The Bertz CT molecular complexity index is 948. The first kappa shape index (κ1) is 16.8. The summed E-state index contributed by atoms with van der Waals surface area (Å²) >= 11 is 0. The Balaban J connectivity index is 1.74. The highest BCUT2D eigenvalue weighted by atomic mass is 19.1. The molecule has 1 aromatic carbocycles. The summed E-state index contributed by atoms with van der Waals surface area (Å²) in [6.45, 7) is 4.24. The van der Waals surface area contributed by atoms with Crippen molar-refractivity contribution in [3.05, 3.63) is 65.4 Å². The van der Waals surface area contributed by atoms with E-state index in [-0.39, 0.29) is 11.9 Å². The average molecular weight is 351 g/mol. The van der Waals surface area contributed by atoms with Gasteiger partial charge in [0.2, 0.25) is 0 Å². The first-order chi connectivity index (χ1) is 12.5. The fourth-order valence-corrected chi connectivity index (χ4v) is 3.61. The van der Waals surface area contributed by atoms with Crippen molar-refractivity contribution < 1.29 is 9.13 Å². The van der Waals surface area contributed by atoms with Crippen molar-refractivity contribution in [1.82, 2.24) is 14.8 Å². The normalized spacial score (nSPS) is 16.1. The molecule has 4 rings (SSSR count). The molecule has 134 valence electrons. The first-order valence-electron chi connectivity index (χ1n) is 8.91. The van der Waals surface area contributed by atoms with Crippen molar-refractivity contribution in [1.29, 1.82) is 0 Å². The highest BCUT2D eigenvalue weighted by Gasteiger charge is 2.27. The number of nitrogens with zero attached hydrogens (tertiary/aromatic N) is 3. The molecule has 1 atom stereocenters. The van der Waals surface area contributed by atoms with Gasteiger partial charge in [0.15, 0.2) is 0 Å². The van der Waals surface area contributed by atoms with Crippen molar-refractivity contribution in [3.8, 4) is 17.0 Å². The summed E-state index contributed by atoms with van der Waals surface area (Å²) in [5.74, 6) is 0.850. The fourth-order valence-electron chi connectivity index (χ4n) is 3.61. The number of rotatable bonds is 4. The average Bonchev–Trinajstić information content (AvgIpc) is 3.25. The van der Waals surface area contributed by atoms with Gasteiger partial charge in [0.25, 0.3) is 0 Å². The number of fused-ring (bicyclic) bond motifs is 1. The smallest absolute Gasteiger partial charge is 0.142 e. The molecule has 0 fully saturated rings. The summed E-state index contributed by atoms with van der Waals surface area (Å²) < 4.78 is 21.1. The first-order valence-corrected chi connectivity index (χ1v) is 8.91. The number of halogens is 1. The van der Waals surface area contributed by atoms with Crippen LogP contribution in [0.25, 0.3) is 11.3 Å². The molecule has 0 aliphatic heterocycles. The Morgan fingerprint density at radius 1 is 1.12 bits per heavy atom. The van der Waals surface area contributed by atoms with Crippen LogP contribution in [0.15, 0.2) is 42.7 Å². The molecular formula is C21H22FN3O. The number of hydrogen-bond acceptors (Lipinski definition) is 3. The standard InChI is InChI=1S/C21H22FN3O/c1-13(2)20-10-21(16-6-17(22)12-23-11-16)25(24-20)18-7-14-4-5-19(26-3)9-15(14)8-18/h4-6,9-13,18H,7-8H2,1-3H3/t18-/m1/s1. The third-order valence-corrected chi connectivity index (χ3v) is 5.02. The summed E-state index contributed by atoms with van der Waals surface area (Å²) in [5, 5.41) is 4.86. The molecule has 1 aliphatic rings. The molecule has 0 amide bonds. The molecule has 0 spiro atoms. The van der Waals surface area contributed by atoms with E-state index in [1.54, 1.807) is 13.3 Å². The third-order valence-electron chi connectivity index (χ3n) is 5.02. The minimum atomic E-state index is -0.333. The van der Waals surface area contributed by atoms with Crippen LogP contribution in [0, 0.1) is 5.82 Å². The zero-order valence-corrected chi connectivity index (χ0v) is 15.2. The highest BCUT2D eigenvalue weighted by molar-refractivity contribution is 5.59. The molecule has 0 saturated heterocycles. The molecule has 1 aliphatic carbocycles. The van der Waals surface area contributed by atoms with Gasteiger partial charge >= 0.3 is 0 Å². The minimum absolute atomic E-state index is 0.211. The fraction of sp³-hybridized carbons (Fsp3) is 0.333. The van der Waals surface area contributed by atoms with Crippen LogP contribution in [0.5, 0.6) is 5.75 Å². The summed E-state index contributed by atoms with van der Waals surface area (Å²) in [4.78, 5) is 4.01. The lowest BCUT2D eigenvalue weighted by Gasteiger charge is -2.14. The largest absolute Gasteiger partial charge is 0.497 e. The molecule has 0 N–H and O–H groups in total. The van der Waals surface area contributed by atoms with Gasteiger partial charge in [-0.15, -0.1) is 0 Å². The van der Waals surface area contributed by atoms with Crippen molar-refractivity contribution in [3.63, 3.8) is 0 Å². The van der Waals surface area contributed by atoms with Crippen LogP contribution >= 0.6 is 0 Å². The number of benzene rings is 1. The van der Waals surface area contributed by atoms with Gasteiger partial charge in [0.05, 0.1) is 30.7 Å². The van der Waals surface area contributed by atoms with E-state index >= 15 is 0 Å². The van der Waals surface area contributed by atoms with Gasteiger partial charge in [0, 0.05) is 11.8 Å². The van der Waals surface area contributed by atoms with Gasteiger partial charge in [-0.1, -0.05) is 19.9 Å². The van der Waals surface area contributed by atoms with E-state index in [2.05, 4.69) is 41.7 Å². The van der Waals surface area contributed by atoms with Crippen LogP contribution in [0.3, 0.4) is 0 Å². The SMILES string of the molecule is COc1ccc2c(c1)C[C@H](n1nc(C(C)C)cc1-c1cncc(F)c1)C2. The van der Waals surface area contributed by atoms with Crippen LogP contribution in [-0.2, 0) is 12.8 Å². The molecular weight excluding hydrogens is 329 g/mol. The molecule has 2 heterocycles. The van der Waals surface area contributed by atoms with Gasteiger partial charge in [-0.25, -0.2) is 4.39 Å². The molecule has 0 saturated carbocycles. The molecule has 26 heavy (non-hydrogen) atoms. The van der Waals surface area contributed by atoms with Gasteiger partial charge in [-0.05, 0) is 54.2 Å².